The molecule has 0 saturated carbocycles. The Labute approximate surface area is 101 Å². The first-order valence-electron chi connectivity index (χ1n) is 4.39. The van der Waals surface area contributed by atoms with E-state index in [0.29, 0.717) is 15.9 Å². The highest BCUT2D eigenvalue weighted by Crippen LogP contribution is 2.34. The molecular weight excluding hydrogens is 251 g/mol. The van der Waals surface area contributed by atoms with E-state index in [-0.39, 0.29) is 10.7 Å². The lowest BCUT2D eigenvalue weighted by Gasteiger charge is -2.04. The van der Waals surface area contributed by atoms with Gasteiger partial charge in [0.1, 0.15) is 11.2 Å². The zero-order chi connectivity index (χ0) is 11.9. The number of aromatic nitrogens is 1. The summed E-state index contributed by atoms with van der Waals surface area (Å²) in [5.41, 5.74) is 1.14. The Hall–Kier alpha value is -1.39. The van der Waals surface area contributed by atoms with Crippen LogP contribution in [0.4, 0.5) is 5.69 Å². The summed E-state index contributed by atoms with van der Waals surface area (Å²) in [6, 6.07) is 3.46. The standard InChI is InChI=1S/C10H6Cl2N2O2/c1-5-2-6-9(12)8(14(15)16)4-13-10(6)7(11)3-5/h2-4H,1H3. The number of fused-ring (bicyclic) bond motifs is 1. The molecule has 6 heteroatoms. The molecule has 0 aliphatic carbocycles. The summed E-state index contributed by atoms with van der Waals surface area (Å²) in [7, 11) is 0. The van der Waals surface area contributed by atoms with Crippen molar-refractivity contribution < 1.29 is 4.92 Å². The summed E-state index contributed by atoms with van der Waals surface area (Å²) in [6.07, 6.45) is 1.12. The van der Waals surface area contributed by atoms with Crippen LogP contribution in [0.15, 0.2) is 18.3 Å². The lowest BCUT2D eigenvalue weighted by molar-refractivity contribution is -0.384. The van der Waals surface area contributed by atoms with Gasteiger partial charge in [-0.1, -0.05) is 23.2 Å². The minimum atomic E-state index is -0.564. The summed E-state index contributed by atoms with van der Waals surface area (Å²) < 4.78 is 0. The van der Waals surface area contributed by atoms with Crippen molar-refractivity contribution in [1.82, 2.24) is 4.98 Å². The van der Waals surface area contributed by atoms with Crippen molar-refractivity contribution in [3.63, 3.8) is 0 Å². The first kappa shape index (κ1) is 11.1. The van der Waals surface area contributed by atoms with E-state index in [2.05, 4.69) is 4.98 Å². The fraction of sp³-hybridized carbons (Fsp3) is 0.100. The monoisotopic (exact) mass is 256 g/mol. The predicted molar refractivity (Wildman–Crippen MR) is 63.2 cm³/mol. The minimum absolute atomic E-state index is 0.0700. The third-order valence-electron chi connectivity index (χ3n) is 2.18. The van der Waals surface area contributed by atoms with E-state index >= 15 is 0 Å². The Morgan fingerprint density at radius 2 is 2.06 bits per heavy atom. The highest BCUT2D eigenvalue weighted by molar-refractivity contribution is 6.40. The van der Waals surface area contributed by atoms with E-state index in [0.717, 1.165) is 11.8 Å². The van der Waals surface area contributed by atoms with Gasteiger partial charge in [0.2, 0.25) is 0 Å². The lowest BCUT2D eigenvalue weighted by atomic mass is 10.1. The quantitative estimate of drug-likeness (QED) is 0.577. The third-order valence-corrected chi connectivity index (χ3v) is 2.87. The maximum absolute atomic E-state index is 10.7. The normalized spacial score (nSPS) is 10.7. The Kier molecular flexibility index (Phi) is 2.69. The van der Waals surface area contributed by atoms with Crippen molar-refractivity contribution in [2.75, 3.05) is 0 Å². The van der Waals surface area contributed by atoms with E-state index in [4.69, 9.17) is 23.2 Å². The fourth-order valence-electron chi connectivity index (χ4n) is 1.48. The van der Waals surface area contributed by atoms with E-state index in [9.17, 15) is 10.1 Å². The minimum Gasteiger partial charge on any atom is -0.258 e. The van der Waals surface area contributed by atoms with Gasteiger partial charge in [-0.2, -0.15) is 0 Å². The molecule has 1 aromatic carbocycles. The number of nitro groups is 1. The van der Waals surface area contributed by atoms with Gasteiger partial charge in [-0.05, 0) is 24.6 Å². The zero-order valence-corrected chi connectivity index (χ0v) is 9.71. The molecule has 82 valence electrons. The number of pyridine rings is 1. The molecule has 2 aromatic rings. The van der Waals surface area contributed by atoms with Crippen LogP contribution in [-0.2, 0) is 0 Å². The largest absolute Gasteiger partial charge is 0.306 e. The Morgan fingerprint density at radius 1 is 1.38 bits per heavy atom. The SMILES string of the molecule is Cc1cc(Cl)c2ncc([N+](=O)[O-])c(Cl)c2c1. The van der Waals surface area contributed by atoms with Crippen LogP contribution in [0, 0.1) is 17.0 Å². The van der Waals surface area contributed by atoms with Crippen molar-refractivity contribution >= 4 is 39.8 Å². The molecular formula is C10H6Cl2N2O2. The van der Waals surface area contributed by atoms with Gasteiger partial charge in [-0.15, -0.1) is 0 Å². The molecule has 0 aliphatic heterocycles. The first-order chi connectivity index (χ1) is 7.50. The first-order valence-corrected chi connectivity index (χ1v) is 5.15. The van der Waals surface area contributed by atoms with Crippen LogP contribution in [0.25, 0.3) is 10.9 Å². The van der Waals surface area contributed by atoms with Crippen molar-refractivity contribution in [2.24, 2.45) is 0 Å². The Balaban J connectivity index is 2.89. The molecule has 1 aromatic heterocycles. The molecule has 0 N–H and O–H groups in total. The lowest BCUT2D eigenvalue weighted by Crippen LogP contribution is -1.92. The number of aryl methyl sites for hydroxylation is 1. The number of benzene rings is 1. The van der Waals surface area contributed by atoms with E-state index in [1.165, 1.54) is 0 Å². The van der Waals surface area contributed by atoms with Gasteiger partial charge >= 0.3 is 5.69 Å². The average molecular weight is 257 g/mol. The van der Waals surface area contributed by atoms with E-state index in [1.807, 2.05) is 6.92 Å². The van der Waals surface area contributed by atoms with Gasteiger partial charge < -0.3 is 0 Å². The number of hydrogen-bond donors (Lipinski definition) is 0. The van der Waals surface area contributed by atoms with Gasteiger partial charge in [0, 0.05) is 5.39 Å². The van der Waals surface area contributed by atoms with Gasteiger partial charge in [-0.3, -0.25) is 10.1 Å². The summed E-state index contributed by atoms with van der Waals surface area (Å²) in [5.74, 6) is 0. The molecule has 0 unspecified atom stereocenters. The van der Waals surface area contributed by atoms with Crippen LogP contribution in [0.2, 0.25) is 10.0 Å². The summed E-state index contributed by atoms with van der Waals surface area (Å²) >= 11 is 11.9. The number of nitrogens with zero attached hydrogens (tertiary/aromatic N) is 2. The van der Waals surface area contributed by atoms with Gasteiger partial charge in [0.05, 0.1) is 15.5 Å². The molecule has 0 aliphatic rings. The van der Waals surface area contributed by atoms with Crippen LogP contribution < -0.4 is 0 Å². The van der Waals surface area contributed by atoms with Gasteiger partial charge in [0.15, 0.2) is 0 Å². The zero-order valence-electron chi connectivity index (χ0n) is 8.20. The molecule has 1 heterocycles. The summed E-state index contributed by atoms with van der Waals surface area (Å²) in [6.45, 7) is 1.83. The second kappa shape index (κ2) is 3.88. The second-order valence-corrected chi connectivity index (χ2v) is 4.14. The van der Waals surface area contributed by atoms with Gasteiger partial charge in [-0.25, -0.2) is 4.98 Å². The van der Waals surface area contributed by atoms with Crippen molar-refractivity contribution in [1.29, 1.82) is 0 Å². The van der Waals surface area contributed by atoms with Crippen LogP contribution in [-0.4, -0.2) is 9.91 Å². The molecule has 0 fully saturated rings. The molecule has 0 bridgehead atoms. The molecule has 0 amide bonds. The molecule has 0 atom stereocenters. The van der Waals surface area contributed by atoms with Crippen molar-refractivity contribution in [3.05, 3.63) is 44.1 Å². The summed E-state index contributed by atoms with van der Waals surface area (Å²) in [4.78, 5) is 14.1. The van der Waals surface area contributed by atoms with Crippen LogP contribution in [0.5, 0.6) is 0 Å². The number of halogens is 2. The highest BCUT2D eigenvalue weighted by Gasteiger charge is 2.17. The van der Waals surface area contributed by atoms with Crippen molar-refractivity contribution in [3.8, 4) is 0 Å². The predicted octanol–water partition coefficient (Wildman–Crippen LogP) is 3.76. The molecule has 0 spiro atoms. The van der Waals surface area contributed by atoms with Crippen LogP contribution >= 0.6 is 23.2 Å². The third kappa shape index (κ3) is 1.70. The van der Waals surface area contributed by atoms with Crippen LogP contribution in [0.1, 0.15) is 5.56 Å². The van der Waals surface area contributed by atoms with Gasteiger partial charge in [0.25, 0.3) is 0 Å². The highest BCUT2D eigenvalue weighted by atomic mass is 35.5. The molecule has 0 radical (unpaired) electrons. The summed E-state index contributed by atoms with van der Waals surface area (Å²) in [5, 5.41) is 11.7. The van der Waals surface area contributed by atoms with Crippen molar-refractivity contribution in [2.45, 2.75) is 6.92 Å². The number of rotatable bonds is 1. The van der Waals surface area contributed by atoms with E-state index < -0.39 is 4.92 Å². The molecule has 2 rings (SSSR count). The second-order valence-electron chi connectivity index (χ2n) is 3.36. The molecule has 16 heavy (non-hydrogen) atoms. The topological polar surface area (TPSA) is 56.0 Å². The Bertz CT molecular complexity index is 599. The number of hydrogen-bond acceptors (Lipinski definition) is 3. The smallest absolute Gasteiger partial charge is 0.258 e. The van der Waals surface area contributed by atoms with E-state index in [1.54, 1.807) is 12.1 Å². The fourth-order valence-corrected chi connectivity index (χ4v) is 2.07. The Morgan fingerprint density at radius 3 is 2.69 bits per heavy atom. The maximum Gasteiger partial charge on any atom is 0.306 e. The maximum atomic E-state index is 10.7. The molecule has 0 saturated heterocycles. The molecule has 4 nitrogen and oxygen atoms in total. The van der Waals surface area contributed by atoms with Crippen LogP contribution in [0.3, 0.4) is 0 Å². The average Bonchev–Trinajstić information content (AvgIpc) is 2.19.